The van der Waals surface area contributed by atoms with Crippen molar-refractivity contribution < 1.29 is 0 Å². The summed E-state index contributed by atoms with van der Waals surface area (Å²) in [5.41, 5.74) is 2.05. The predicted octanol–water partition coefficient (Wildman–Crippen LogP) is 2.43. The predicted molar refractivity (Wildman–Crippen MR) is 81.7 cm³/mol. The Bertz CT molecular complexity index is 534. The molecule has 21 heavy (non-hydrogen) atoms. The van der Waals surface area contributed by atoms with E-state index in [1.54, 1.807) is 0 Å². The van der Waals surface area contributed by atoms with Crippen molar-refractivity contribution in [3.05, 3.63) is 42.2 Å². The van der Waals surface area contributed by atoms with Crippen LogP contribution in [0.15, 0.2) is 30.9 Å². The number of aromatic nitrogens is 4. The normalized spacial score (nSPS) is 19.8. The number of aryl methyl sites for hydroxylation is 2. The highest BCUT2D eigenvalue weighted by atomic mass is 15.3. The molecule has 1 aliphatic rings. The molecule has 2 aromatic heterocycles. The maximum atomic E-state index is 4.50. The molecular weight excluding hydrogens is 262 g/mol. The van der Waals surface area contributed by atoms with Gasteiger partial charge in [0.1, 0.15) is 0 Å². The van der Waals surface area contributed by atoms with E-state index in [2.05, 4.69) is 20.0 Å². The Hall–Kier alpha value is -1.75. The Kier molecular flexibility index (Phi) is 4.60. The highest BCUT2D eigenvalue weighted by molar-refractivity contribution is 5.01. The zero-order valence-electron chi connectivity index (χ0n) is 12.6. The van der Waals surface area contributed by atoms with Crippen molar-refractivity contribution in [1.82, 2.24) is 24.6 Å². The van der Waals surface area contributed by atoms with E-state index in [0.29, 0.717) is 6.04 Å². The SMILES string of the molecule is Cc1cnc(CN2CCCCC2CCn2cccn2)cn1. The van der Waals surface area contributed by atoms with Crippen LogP contribution in [-0.2, 0) is 13.1 Å². The van der Waals surface area contributed by atoms with Gasteiger partial charge in [0.15, 0.2) is 0 Å². The van der Waals surface area contributed by atoms with E-state index in [4.69, 9.17) is 0 Å². The standard InChI is InChI=1S/C16H23N5/c1-14-11-18-15(12-17-14)13-20-8-3-2-5-16(20)6-10-21-9-4-7-19-21/h4,7,9,11-12,16H,2-3,5-6,8,10,13H2,1H3. The molecule has 3 heterocycles. The van der Waals surface area contributed by atoms with Crippen LogP contribution in [0.4, 0.5) is 0 Å². The van der Waals surface area contributed by atoms with Crippen molar-refractivity contribution in [2.75, 3.05) is 6.54 Å². The summed E-state index contributed by atoms with van der Waals surface area (Å²) < 4.78 is 2.03. The molecule has 3 rings (SSSR count). The van der Waals surface area contributed by atoms with Crippen LogP contribution in [0.25, 0.3) is 0 Å². The van der Waals surface area contributed by atoms with Crippen LogP contribution in [0, 0.1) is 6.92 Å². The van der Waals surface area contributed by atoms with E-state index in [9.17, 15) is 0 Å². The van der Waals surface area contributed by atoms with Gasteiger partial charge >= 0.3 is 0 Å². The number of likely N-dealkylation sites (tertiary alicyclic amines) is 1. The second-order valence-electron chi connectivity index (χ2n) is 5.83. The molecule has 5 heteroatoms. The van der Waals surface area contributed by atoms with Crippen molar-refractivity contribution in [2.45, 2.75) is 51.7 Å². The zero-order valence-corrected chi connectivity index (χ0v) is 12.6. The first kappa shape index (κ1) is 14.2. The third-order valence-electron chi connectivity index (χ3n) is 4.20. The van der Waals surface area contributed by atoms with Crippen molar-refractivity contribution in [3.63, 3.8) is 0 Å². The fourth-order valence-corrected chi connectivity index (χ4v) is 3.02. The molecule has 0 aliphatic carbocycles. The number of hydrogen-bond acceptors (Lipinski definition) is 4. The maximum absolute atomic E-state index is 4.50. The molecule has 1 atom stereocenters. The lowest BCUT2D eigenvalue weighted by atomic mass is 9.99. The Morgan fingerprint density at radius 2 is 2.19 bits per heavy atom. The van der Waals surface area contributed by atoms with Crippen LogP contribution >= 0.6 is 0 Å². The average molecular weight is 285 g/mol. The summed E-state index contributed by atoms with van der Waals surface area (Å²) in [6.07, 6.45) is 12.7. The fraction of sp³-hybridized carbons (Fsp3) is 0.562. The topological polar surface area (TPSA) is 46.8 Å². The monoisotopic (exact) mass is 285 g/mol. The fourth-order valence-electron chi connectivity index (χ4n) is 3.02. The summed E-state index contributed by atoms with van der Waals surface area (Å²) in [5.74, 6) is 0. The zero-order chi connectivity index (χ0) is 14.5. The first-order valence-electron chi connectivity index (χ1n) is 7.80. The molecule has 112 valence electrons. The third-order valence-corrected chi connectivity index (χ3v) is 4.20. The van der Waals surface area contributed by atoms with Crippen molar-refractivity contribution >= 4 is 0 Å². The summed E-state index contributed by atoms with van der Waals surface area (Å²) in [6, 6.07) is 2.62. The van der Waals surface area contributed by atoms with E-state index in [0.717, 1.165) is 30.9 Å². The molecule has 1 fully saturated rings. The third kappa shape index (κ3) is 3.88. The van der Waals surface area contributed by atoms with Gasteiger partial charge in [0.25, 0.3) is 0 Å². The van der Waals surface area contributed by atoms with Crippen molar-refractivity contribution in [3.8, 4) is 0 Å². The minimum Gasteiger partial charge on any atom is -0.294 e. The molecular formula is C16H23N5. The molecule has 1 saturated heterocycles. The summed E-state index contributed by atoms with van der Waals surface area (Å²) in [6.45, 7) is 5.05. The molecule has 0 N–H and O–H groups in total. The van der Waals surface area contributed by atoms with Crippen LogP contribution < -0.4 is 0 Å². The molecule has 5 nitrogen and oxygen atoms in total. The number of hydrogen-bond donors (Lipinski definition) is 0. The van der Waals surface area contributed by atoms with Crippen LogP contribution in [0.3, 0.4) is 0 Å². The van der Waals surface area contributed by atoms with Gasteiger partial charge in [-0.2, -0.15) is 5.10 Å². The summed E-state index contributed by atoms with van der Waals surface area (Å²) in [5, 5.41) is 4.30. The number of rotatable bonds is 5. The second-order valence-corrected chi connectivity index (χ2v) is 5.83. The minimum absolute atomic E-state index is 0.631. The highest BCUT2D eigenvalue weighted by Crippen LogP contribution is 2.21. The Morgan fingerprint density at radius 3 is 2.95 bits per heavy atom. The maximum Gasteiger partial charge on any atom is 0.0727 e. The summed E-state index contributed by atoms with van der Waals surface area (Å²) in [4.78, 5) is 11.4. The van der Waals surface area contributed by atoms with Crippen LogP contribution in [0.5, 0.6) is 0 Å². The molecule has 0 aromatic carbocycles. The minimum atomic E-state index is 0.631. The number of nitrogens with zero attached hydrogens (tertiary/aromatic N) is 5. The molecule has 0 radical (unpaired) electrons. The van der Waals surface area contributed by atoms with Gasteiger partial charge < -0.3 is 0 Å². The van der Waals surface area contributed by atoms with Crippen molar-refractivity contribution in [1.29, 1.82) is 0 Å². The van der Waals surface area contributed by atoms with Gasteiger partial charge in [0, 0.05) is 43.9 Å². The smallest absolute Gasteiger partial charge is 0.0727 e. The molecule has 0 amide bonds. The summed E-state index contributed by atoms with van der Waals surface area (Å²) in [7, 11) is 0. The Labute approximate surface area is 126 Å². The van der Waals surface area contributed by atoms with Gasteiger partial charge in [0.05, 0.1) is 11.4 Å². The number of piperidine rings is 1. The van der Waals surface area contributed by atoms with E-state index >= 15 is 0 Å². The van der Waals surface area contributed by atoms with Crippen LogP contribution in [0.1, 0.15) is 37.1 Å². The largest absolute Gasteiger partial charge is 0.294 e. The molecule has 1 aliphatic heterocycles. The molecule has 0 saturated carbocycles. The van der Waals surface area contributed by atoms with E-state index in [1.165, 1.54) is 25.8 Å². The van der Waals surface area contributed by atoms with E-state index < -0.39 is 0 Å². The average Bonchev–Trinajstić information content (AvgIpc) is 3.02. The van der Waals surface area contributed by atoms with E-state index in [-0.39, 0.29) is 0 Å². The lowest BCUT2D eigenvalue weighted by Gasteiger charge is -2.35. The molecule has 1 unspecified atom stereocenters. The Morgan fingerprint density at radius 1 is 1.24 bits per heavy atom. The second kappa shape index (κ2) is 6.80. The molecule has 0 bridgehead atoms. The lowest BCUT2D eigenvalue weighted by molar-refractivity contribution is 0.125. The van der Waals surface area contributed by atoms with Gasteiger partial charge in [-0.1, -0.05) is 6.42 Å². The van der Waals surface area contributed by atoms with Crippen LogP contribution in [-0.4, -0.2) is 37.2 Å². The van der Waals surface area contributed by atoms with Crippen molar-refractivity contribution in [2.24, 2.45) is 0 Å². The van der Waals surface area contributed by atoms with Gasteiger partial charge in [-0.25, -0.2) is 0 Å². The highest BCUT2D eigenvalue weighted by Gasteiger charge is 2.22. The van der Waals surface area contributed by atoms with E-state index in [1.807, 2.05) is 42.5 Å². The first-order chi connectivity index (χ1) is 10.3. The first-order valence-corrected chi connectivity index (χ1v) is 7.80. The van der Waals surface area contributed by atoms with Gasteiger partial charge in [0.2, 0.25) is 0 Å². The van der Waals surface area contributed by atoms with Gasteiger partial charge in [-0.3, -0.25) is 19.5 Å². The Balaban J connectivity index is 1.59. The van der Waals surface area contributed by atoms with Gasteiger partial charge in [-0.15, -0.1) is 0 Å². The quantitative estimate of drug-likeness (QED) is 0.846. The summed E-state index contributed by atoms with van der Waals surface area (Å²) >= 11 is 0. The lowest BCUT2D eigenvalue weighted by Crippen LogP contribution is -2.39. The molecule has 0 spiro atoms. The molecule has 2 aromatic rings. The van der Waals surface area contributed by atoms with Crippen LogP contribution in [0.2, 0.25) is 0 Å². The van der Waals surface area contributed by atoms with Gasteiger partial charge in [-0.05, 0) is 38.8 Å².